The van der Waals surface area contributed by atoms with Gasteiger partial charge in [0, 0.05) is 23.5 Å². The molecule has 2 heterocycles. The van der Waals surface area contributed by atoms with Crippen molar-refractivity contribution >= 4 is 49.0 Å². The first kappa shape index (κ1) is 17.8. The SMILES string of the molecule is SOC(CCC(OS)c1ccc(Cl)nc1)c1ccc(Cl)nc1. The number of aromatic nitrogens is 2. The summed E-state index contributed by atoms with van der Waals surface area (Å²) < 4.78 is 10.4. The Labute approximate surface area is 150 Å². The van der Waals surface area contributed by atoms with Gasteiger partial charge in [-0.1, -0.05) is 35.3 Å². The fourth-order valence-corrected chi connectivity index (χ4v) is 2.70. The monoisotopic (exact) mass is 376 g/mol. The molecule has 8 heteroatoms. The quantitative estimate of drug-likeness (QED) is 0.402. The molecule has 118 valence electrons. The second-order valence-electron chi connectivity index (χ2n) is 4.59. The van der Waals surface area contributed by atoms with Crippen LogP contribution in [0, 0.1) is 0 Å². The Kier molecular flexibility index (Phi) is 7.27. The highest BCUT2D eigenvalue weighted by Gasteiger charge is 2.18. The van der Waals surface area contributed by atoms with Gasteiger partial charge in [-0.15, -0.1) is 0 Å². The topological polar surface area (TPSA) is 44.2 Å². The molecule has 0 fully saturated rings. The van der Waals surface area contributed by atoms with E-state index in [1.807, 2.05) is 12.1 Å². The Balaban J connectivity index is 2.01. The summed E-state index contributed by atoms with van der Waals surface area (Å²) in [6.07, 6.45) is 4.23. The van der Waals surface area contributed by atoms with Crippen molar-refractivity contribution in [3.8, 4) is 0 Å². The molecule has 0 N–H and O–H groups in total. The second-order valence-corrected chi connectivity index (χ2v) is 5.79. The molecule has 0 spiro atoms. The summed E-state index contributed by atoms with van der Waals surface area (Å²) in [7, 11) is 0. The van der Waals surface area contributed by atoms with E-state index in [2.05, 4.69) is 35.8 Å². The van der Waals surface area contributed by atoms with Crippen LogP contribution in [0.15, 0.2) is 36.7 Å². The zero-order valence-electron chi connectivity index (χ0n) is 11.4. The average molecular weight is 377 g/mol. The van der Waals surface area contributed by atoms with Crippen molar-refractivity contribution < 1.29 is 8.37 Å². The van der Waals surface area contributed by atoms with Crippen molar-refractivity contribution in [2.24, 2.45) is 0 Å². The van der Waals surface area contributed by atoms with E-state index in [1.165, 1.54) is 0 Å². The van der Waals surface area contributed by atoms with E-state index in [0.717, 1.165) is 11.1 Å². The maximum atomic E-state index is 5.78. The van der Waals surface area contributed by atoms with Crippen LogP contribution in [0.25, 0.3) is 0 Å². The molecule has 0 saturated carbocycles. The van der Waals surface area contributed by atoms with Gasteiger partial charge in [-0.05, 0) is 50.8 Å². The van der Waals surface area contributed by atoms with Crippen LogP contribution in [-0.2, 0) is 8.37 Å². The van der Waals surface area contributed by atoms with Gasteiger partial charge in [-0.2, -0.15) is 0 Å². The standard InChI is InChI=1S/C14H14Cl2N2O2S2/c15-13-5-1-9(7-17-13)11(19-21)3-4-12(20-22)10-2-6-14(16)18-8-10/h1-2,5-8,11-12,21-22H,3-4H2. The summed E-state index contributed by atoms with van der Waals surface area (Å²) in [6.45, 7) is 0. The van der Waals surface area contributed by atoms with Gasteiger partial charge in [-0.3, -0.25) is 0 Å². The van der Waals surface area contributed by atoms with Crippen molar-refractivity contribution in [2.75, 3.05) is 0 Å². The molecule has 0 aliphatic carbocycles. The van der Waals surface area contributed by atoms with E-state index in [1.54, 1.807) is 24.5 Å². The Morgan fingerprint density at radius 1 is 0.818 bits per heavy atom. The lowest BCUT2D eigenvalue weighted by atomic mass is 10.0. The van der Waals surface area contributed by atoms with Gasteiger partial charge in [0.2, 0.25) is 0 Å². The largest absolute Gasteiger partial charge is 0.310 e. The summed E-state index contributed by atoms with van der Waals surface area (Å²) in [5.41, 5.74) is 1.79. The van der Waals surface area contributed by atoms with Crippen molar-refractivity contribution in [3.63, 3.8) is 0 Å². The van der Waals surface area contributed by atoms with Gasteiger partial charge < -0.3 is 8.37 Å². The maximum Gasteiger partial charge on any atom is 0.129 e. The van der Waals surface area contributed by atoms with Crippen molar-refractivity contribution in [3.05, 3.63) is 58.1 Å². The smallest absolute Gasteiger partial charge is 0.129 e. The van der Waals surface area contributed by atoms with Crippen LogP contribution >= 0.6 is 49.0 Å². The van der Waals surface area contributed by atoms with E-state index >= 15 is 0 Å². The number of rotatable bonds is 7. The van der Waals surface area contributed by atoms with Crippen LogP contribution in [0.5, 0.6) is 0 Å². The average Bonchev–Trinajstić information content (AvgIpc) is 2.54. The van der Waals surface area contributed by atoms with Gasteiger partial charge >= 0.3 is 0 Å². The Bertz CT molecular complexity index is 531. The fourth-order valence-electron chi connectivity index (χ4n) is 2.02. The lowest BCUT2D eigenvalue weighted by Crippen LogP contribution is -2.05. The molecule has 0 aliphatic rings. The molecule has 2 aromatic heterocycles. The number of hydrogen-bond acceptors (Lipinski definition) is 6. The number of hydrogen-bond donors (Lipinski definition) is 2. The van der Waals surface area contributed by atoms with Crippen molar-refractivity contribution in [1.29, 1.82) is 0 Å². The minimum absolute atomic E-state index is 0.223. The van der Waals surface area contributed by atoms with Crippen LogP contribution < -0.4 is 0 Å². The summed E-state index contributed by atoms with van der Waals surface area (Å²) in [4.78, 5) is 8.09. The van der Waals surface area contributed by atoms with Gasteiger partial charge in [0.15, 0.2) is 0 Å². The number of nitrogens with zero attached hydrogens (tertiary/aromatic N) is 2. The summed E-state index contributed by atoms with van der Waals surface area (Å²) in [5.74, 6) is 0. The Hall–Kier alpha value is -0.500. The molecule has 0 radical (unpaired) electrons. The third kappa shape index (κ3) is 5.01. The molecule has 0 amide bonds. The molecule has 2 unspecified atom stereocenters. The predicted molar refractivity (Wildman–Crippen MR) is 93.4 cm³/mol. The fraction of sp³-hybridized carbons (Fsp3) is 0.286. The molecule has 0 aliphatic heterocycles. The molecule has 0 bridgehead atoms. The van der Waals surface area contributed by atoms with Crippen molar-refractivity contribution in [1.82, 2.24) is 9.97 Å². The summed E-state index contributed by atoms with van der Waals surface area (Å²) in [5, 5.41) is 0.871. The zero-order chi connectivity index (χ0) is 15.9. The third-order valence-electron chi connectivity index (χ3n) is 3.19. The molecular weight excluding hydrogens is 363 g/mol. The lowest BCUT2D eigenvalue weighted by Gasteiger charge is -2.18. The molecule has 2 rings (SSSR count). The second kappa shape index (κ2) is 8.96. The van der Waals surface area contributed by atoms with Crippen molar-refractivity contribution in [2.45, 2.75) is 25.0 Å². The Morgan fingerprint density at radius 2 is 1.23 bits per heavy atom. The van der Waals surface area contributed by atoms with Gasteiger partial charge in [0.05, 0.1) is 12.2 Å². The molecular formula is C14H14Cl2N2O2S2. The predicted octanol–water partition coefficient (Wildman–Crippen LogP) is 5.07. The first-order valence-corrected chi connectivity index (χ1v) is 7.96. The lowest BCUT2D eigenvalue weighted by molar-refractivity contribution is 0.180. The summed E-state index contributed by atoms with van der Waals surface area (Å²) >= 11 is 19.4. The van der Waals surface area contributed by atoms with E-state index in [9.17, 15) is 0 Å². The normalized spacial score (nSPS) is 13.8. The van der Waals surface area contributed by atoms with Gasteiger partial charge in [0.1, 0.15) is 10.3 Å². The molecule has 0 aromatic carbocycles. The maximum absolute atomic E-state index is 5.78. The minimum atomic E-state index is -0.223. The molecule has 2 atom stereocenters. The highest BCUT2D eigenvalue weighted by Crippen LogP contribution is 2.31. The van der Waals surface area contributed by atoms with Crippen LogP contribution in [0.2, 0.25) is 10.3 Å². The number of thiol groups is 2. The molecule has 22 heavy (non-hydrogen) atoms. The van der Waals surface area contributed by atoms with E-state index in [4.69, 9.17) is 31.6 Å². The van der Waals surface area contributed by atoms with Crippen LogP contribution in [0.4, 0.5) is 0 Å². The molecule has 4 nitrogen and oxygen atoms in total. The Morgan fingerprint density at radius 3 is 1.50 bits per heavy atom. The number of halogens is 2. The number of pyridine rings is 2. The van der Waals surface area contributed by atoms with E-state index < -0.39 is 0 Å². The highest BCUT2D eigenvalue weighted by molar-refractivity contribution is 7.75. The van der Waals surface area contributed by atoms with Gasteiger partial charge in [-0.25, -0.2) is 9.97 Å². The van der Waals surface area contributed by atoms with Gasteiger partial charge in [0.25, 0.3) is 0 Å². The van der Waals surface area contributed by atoms with Crippen LogP contribution in [0.3, 0.4) is 0 Å². The minimum Gasteiger partial charge on any atom is -0.310 e. The third-order valence-corrected chi connectivity index (χ3v) is 4.15. The van der Waals surface area contributed by atoms with Crippen LogP contribution in [-0.4, -0.2) is 9.97 Å². The first-order chi connectivity index (χ1) is 10.6. The first-order valence-electron chi connectivity index (χ1n) is 6.47. The highest BCUT2D eigenvalue weighted by atomic mass is 35.5. The van der Waals surface area contributed by atoms with E-state index in [0.29, 0.717) is 23.1 Å². The zero-order valence-corrected chi connectivity index (χ0v) is 14.7. The van der Waals surface area contributed by atoms with E-state index in [-0.39, 0.29) is 12.2 Å². The molecule has 2 aromatic rings. The summed E-state index contributed by atoms with van der Waals surface area (Å²) in [6, 6.07) is 7.14. The molecule has 0 saturated heterocycles. The van der Waals surface area contributed by atoms with Crippen LogP contribution in [0.1, 0.15) is 36.2 Å².